The minimum atomic E-state index is -0.337. The molecule has 0 aliphatic heterocycles. The van der Waals surface area contributed by atoms with Crippen LogP contribution in [0.3, 0.4) is 0 Å². The molecule has 0 heterocycles. The fraction of sp³-hybridized carbons (Fsp3) is 0.222. The maximum atomic E-state index is 11.4. The van der Waals surface area contributed by atoms with Gasteiger partial charge in [-0.3, -0.25) is 0 Å². The summed E-state index contributed by atoms with van der Waals surface area (Å²) in [5.74, 6) is 0.446. The molecule has 146 valence electrons. The molecular weight excluding hydrogens is 356 g/mol. The predicted molar refractivity (Wildman–Crippen MR) is 118 cm³/mol. The van der Waals surface area contributed by atoms with Gasteiger partial charge in [0.15, 0.2) is 0 Å². The molecule has 0 fully saturated rings. The van der Waals surface area contributed by atoms with E-state index in [-0.39, 0.29) is 5.97 Å². The van der Waals surface area contributed by atoms with Crippen molar-refractivity contribution in [3.05, 3.63) is 113 Å². The SMILES string of the molecule is COC(=O)/C=C/c1ccc(C2c3ccccc3CCCC2c2ccccc2)cc1. The zero-order valence-corrected chi connectivity index (χ0v) is 16.8. The van der Waals surface area contributed by atoms with Crippen LogP contribution in [0.1, 0.15) is 52.5 Å². The predicted octanol–water partition coefficient (Wildman–Crippen LogP) is 6.12. The number of hydrogen-bond donors (Lipinski definition) is 0. The van der Waals surface area contributed by atoms with Gasteiger partial charge in [0.25, 0.3) is 0 Å². The van der Waals surface area contributed by atoms with Crippen molar-refractivity contribution in [3.63, 3.8) is 0 Å². The van der Waals surface area contributed by atoms with Crippen molar-refractivity contribution in [1.29, 1.82) is 0 Å². The Morgan fingerprint density at radius 2 is 1.62 bits per heavy atom. The standard InChI is InChI=1S/C27H26O2/c1-29-26(28)19-16-20-14-17-23(18-15-20)27-24-12-6-5-10-22(24)11-7-13-25(27)21-8-3-2-4-9-21/h2-6,8-10,12,14-19,25,27H,7,11,13H2,1H3/b19-16+. The summed E-state index contributed by atoms with van der Waals surface area (Å²) in [4.78, 5) is 11.4. The van der Waals surface area contributed by atoms with Gasteiger partial charge in [0.1, 0.15) is 0 Å². The van der Waals surface area contributed by atoms with Crippen LogP contribution in [0.25, 0.3) is 6.08 Å². The molecule has 2 nitrogen and oxygen atoms in total. The normalized spacial score (nSPS) is 18.8. The van der Waals surface area contributed by atoms with E-state index in [0.29, 0.717) is 11.8 Å². The van der Waals surface area contributed by atoms with E-state index < -0.39 is 0 Å². The number of ether oxygens (including phenoxy) is 1. The summed E-state index contributed by atoms with van der Waals surface area (Å²) in [5, 5.41) is 0. The van der Waals surface area contributed by atoms with Gasteiger partial charge in [-0.25, -0.2) is 4.79 Å². The van der Waals surface area contributed by atoms with Gasteiger partial charge in [-0.05, 0) is 59.1 Å². The Labute approximate surface area is 172 Å². The van der Waals surface area contributed by atoms with E-state index in [1.807, 2.05) is 0 Å². The fourth-order valence-corrected chi connectivity index (χ4v) is 4.48. The molecule has 1 aliphatic rings. The zero-order valence-electron chi connectivity index (χ0n) is 16.8. The second kappa shape index (κ2) is 8.91. The highest BCUT2D eigenvalue weighted by molar-refractivity contribution is 5.86. The Kier molecular flexibility index (Phi) is 5.90. The van der Waals surface area contributed by atoms with Crippen molar-refractivity contribution in [2.45, 2.75) is 31.1 Å². The molecule has 3 aromatic carbocycles. The molecule has 0 saturated heterocycles. The van der Waals surface area contributed by atoms with Crippen molar-refractivity contribution >= 4 is 12.0 Å². The van der Waals surface area contributed by atoms with Gasteiger partial charge in [0.2, 0.25) is 0 Å². The Hall–Kier alpha value is -3.13. The summed E-state index contributed by atoms with van der Waals surface area (Å²) < 4.78 is 4.68. The van der Waals surface area contributed by atoms with E-state index >= 15 is 0 Å². The van der Waals surface area contributed by atoms with Crippen molar-refractivity contribution in [1.82, 2.24) is 0 Å². The molecule has 29 heavy (non-hydrogen) atoms. The summed E-state index contributed by atoms with van der Waals surface area (Å²) in [6.45, 7) is 0. The molecule has 0 amide bonds. The molecule has 0 radical (unpaired) electrons. The molecule has 4 rings (SSSR count). The van der Waals surface area contributed by atoms with E-state index in [4.69, 9.17) is 0 Å². The second-order valence-corrected chi connectivity index (χ2v) is 7.61. The van der Waals surface area contributed by atoms with Crippen molar-refractivity contribution < 1.29 is 9.53 Å². The lowest BCUT2D eigenvalue weighted by Gasteiger charge is -2.28. The third-order valence-corrected chi connectivity index (χ3v) is 5.89. The van der Waals surface area contributed by atoms with Gasteiger partial charge in [-0.15, -0.1) is 0 Å². The monoisotopic (exact) mass is 382 g/mol. The molecule has 0 N–H and O–H groups in total. The van der Waals surface area contributed by atoms with Crippen LogP contribution in [0.4, 0.5) is 0 Å². The number of carbonyl (C=O) groups is 1. The third-order valence-electron chi connectivity index (χ3n) is 5.89. The molecule has 2 unspecified atom stereocenters. The Morgan fingerprint density at radius 3 is 2.38 bits per heavy atom. The molecule has 2 heteroatoms. The third kappa shape index (κ3) is 4.32. The topological polar surface area (TPSA) is 26.3 Å². The van der Waals surface area contributed by atoms with E-state index in [9.17, 15) is 4.79 Å². The first-order valence-corrected chi connectivity index (χ1v) is 10.2. The minimum Gasteiger partial charge on any atom is -0.466 e. The number of benzene rings is 3. The number of fused-ring (bicyclic) bond motifs is 1. The van der Waals surface area contributed by atoms with E-state index in [2.05, 4.69) is 83.6 Å². The summed E-state index contributed by atoms with van der Waals surface area (Å²) in [5.41, 5.74) is 6.63. The van der Waals surface area contributed by atoms with Gasteiger partial charge in [-0.1, -0.05) is 78.9 Å². The smallest absolute Gasteiger partial charge is 0.330 e. The first kappa shape index (κ1) is 19.2. The Balaban J connectivity index is 1.74. The van der Waals surface area contributed by atoms with Crippen molar-refractivity contribution in [2.75, 3.05) is 7.11 Å². The molecule has 3 aromatic rings. The van der Waals surface area contributed by atoms with Gasteiger partial charge in [-0.2, -0.15) is 0 Å². The average molecular weight is 383 g/mol. The van der Waals surface area contributed by atoms with Crippen molar-refractivity contribution in [3.8, 4) is 0 Å². The van der Waals surface area contributed by atoms with Crippen LogP contribution in [-0.2, 0) is 16.0 Å². The summed E-state index contributed by atoms with van der Waals surface area (Å²) in [6, 6.07) is 28.4. The zero-order chi connectivity index (χ0) is 20.1. The highest BCUT2D eigenvalue weighted by Gasteiger charge is 2.30. The lowest BCUT2D eigenvalue weighted by Crippen LogP contribution is -2.12. The quantitative estimate of drug-likeness (QED) is 0.308. The summed E-state index contributed by atoms with van der Waals surface area (Å²) in [7, 11) is 1.39. The molecule has 0 aromatic heterocycles. The number of aryl methyl sites for hydroxylation is 1. The summed E-state index contributed by atoms with van der Waals surface area (Å²) >= 11 is 0. The first-order valence-electron chi connectivity index (χ1n) is 10.2. The van der Waals surface area contributed by atoms with Crippen molar-refractivity contribution in [2.24, 2.45) is 0 Å². The maximum Gasteiger partial charge on any atom is 0.330 e. The van der Waals surface area contributed by atoms with Gasteiger partial charge in [0.05, 0.1) is 7.11 Å². The highest BCUT2D eigenvalue weighted by Crippen LogP contribution is 2.45. The molecule has 0 spiro atoms. The fourth-order valence-electron chi connectivity index (χ4n) is 4.48. The lowest BCUT2D eigenvalue weighted by atomic mass is 9.76. The largest absolute Gasteiger partial charge is 0.466 e. The Bertz CT molecular complexity index is 987. The average Bonchev–Trinajstić information content (AvgIpc) is 2.98. The van der Waals surface area contributed by atoms with Crippen LogP contribution in [-0.4, -0.2) is 13.1 Å². The van der Waals surface area contributed by atoms with Crippen LogP contribution in [0.15, 0.2) is 84.9 Å². The minimum absolute atomic E-state index is 0.328. The van der Waals surface area contributed by atoms with Crippen LogP contribution in [0.2, 0.25) is 0 Å². The number of methoxy groups -OCH3 is 1. The van der Waals surface area contributed by atoms with Crippen LogP contribution < -0.4 is 0 Å². The van der Waals surface area contributed by atoms with Crippen LogP contribution in [0.5, 0.6) is 0 Å². The molecule has 0 saturated carbocycles. The summed E-state index contributed by atoms with van der Waals surface area (Å²) in [6.07, 6.45) is 6.77. The lowest BCUT2D eigenvalue weighted by molar-refractivity contribution is -0.134. The van der Waals surface area contributed by atoms with Gasteiger partial charge >= 0.3 is 5.97 Å². The maximum absolute atomic E-state index is 11.4. The number of rotatable bonds is 4. The second-order valence-electron chi connectivity index (χ2n) is 7.61. The molecule has 0 bridgehead atoms. The van der Waals surface area contributed by atoms with Crippen LogP contribution >= 0.6 is 0 Å². The first-order chi connectivity index (χ1) is 14.3. The highest BCUT2D eigenvalue weighted by atomic mass is 16.5. The number of esters is 1. The molecule has 2 atom stereocenters. The number of hydrogen-bond acceptors (Lipinski definition) is 2. The van der Waals surface area contributed by atoms with Gasteiger partial charge in [0, 0.05) is 12.0 Å². The van der Waals surface area contributed by atoms with E-state index in [0.717, 1.165) is 12.0 Å². The van der Waals surface area contributed by atoms with E-state index in [1.165, 1.54) is 48.3 Å². The molecule has 1 aliphatic carbocycles. The van der Waals surface area contributed by atoms with Gasteiger partial charge < -0.3 is 4.74 Å². The number of carbonyl (C=O) groups excluding carboxylic acids is 1. The van der Waals surface area contributed by atoms with Crippen LogP contribution in [0, 0.1) is 0 Å². The Morgan fingerprint density at radius 1 is 0.897 bits per heavy atom. The molecular formula is C27H26O2. The van der Waals surface area contributed by atoms with E-state index in [1.54, 1.807) is 6.08 Å².